The molecule has 1 fully saturated rings. The van der Waals surface area contributed by atoms with Gasteiger partial charge in [0.05, 0.1) is 18.0 Å². The number of nitrogens with one attached hydrogen (secondary N) is 1. The first kappa shape index (κ1) is 17.6. The highest BCUT2D eigenvalue weighted by molar-refractivity contribution is 5.69. The number of benzene rings is 1. The SMILES string of the molecule is CCOC(=O)CCCCCCNc1cc(C2CC2)c(C)cc1N. The van der Waals surface area contributed by atoms with Crippen molar-refractivity contribution in [3.63, 3.8) is 0 Å². The zero-order valence-electron chi connectivity index (χ0n) is 14.5. The molecule has 1 aliphatic carbocycles. The molecule has 23 heavy (non-hydrogen) atoms. The van der Waals surface area contributed by atoms with E-state index < -0.39 is 0 Å². The van der Waals surface area contributed by atoms with E-state index in [1.54, 1.807) is 0 Å². The lowest BCUT2D eigenvalue weighted by molar-refractivity contribution is -0.143. The van der Waals surface area contributed by atoms with Crippen LogP contribution in [0, 0.1) is 6.92 Å². The number of unbranched alkanes of at least 4 members (excludes halogenated alkanes) is 3. The normalized spacial score (nSPS) is 13.8. The maximum absolute atomic E-state index is 11.2. The van der Waals surface area contributed by atoms with E-state index >= 15 is 0 Å². The number of ether oxygens (including phenoxy) is 1. The van der Waals surface area contributed by atoms with Gasteiger partial charge in [-0.3, -0.25) is 4.79 Å². The van der Waals surface area contributed by atoms with Crippen LogP contribution in [0.25, 0.3) is 0 Å². The van der Waals surface area contributed by atoms with Crippen LogP contribution in [0.3, 0.4) is 0 Å². The number of carbonyl (C=O) groups is 1. The van der Waals surface area contributed by atoms with Gasteiger partial charge < -0.3 is 15.8 Å². The molecular weight excluding hydrogens is 288 g/mol. The minimum Gasteiger partial charge on any atom is -0.466 e. The van der Waals surface area contributed by atoms with Gasteiger partial charge in [-0.05, 0) is 68.7 Å². The molecule has 1 aromatic carbocycles. The van der Waals surface area contributed by atoms with Crippen molar-refractivity contribution in [1.82, 2.24) is 0 Å². The molecule has 0 amide bonds. The monoisotopic (exact) mass is 318 g/mol. The average Bonchev–Trinajstić information content (AvgIpc) is 3.33. The largest absolute Gasteiger partial charge is 0.466 e. The fourth-order valence-corrected chi connectivity index (χ4v) is 2.94. The Balaban J connectivity index is 1.64. The van der Waals surface area contributed by atoms with E-state index in [0.29, 0.717) is 13.0 Å². The van der Waals surface area contributed by atoms with Gasteiger partial charge in [0.25, 0.3) is 0 Å². The average molecular weight is 318 g/mol. The molecule has 0 radical (unpaired) electrons. The summed E-state index contributed by atoms with van der Waals surface area (Å²) in [6.07, 6.45) is 7.35. The van der Waals surface area contributed by atoms with E-state index in [9.17, 15) is 4.79 Å². The maximum atomic E-state index is 11.2. The number of hydrogen-bond donors (Lipinski definition) is 2. The Morgan fingerprint density at radius 3 is 2.70 bits per heavy atom. The van der Waals surface area contributed by atoms with Gasteiger partial charge in [0, 0.05) is 13.0 Å². The standard InChI is InChI=1S/C19H30N2O2/c1-3-23-19(22)8-6-4-5-7-11-21-18-13-16(15-9-10-15)14(2)12-17(18)20/h12-13,15,21H,3-11,20H2,1-2H3. The molecule has 0 aliphatic heterocycles. The van der Waals surface area contributed by atoms with Crippen molar-refractivity contribution >= 4 is 17.3 Å². The highest BCUT2D eigenvalue weighted by Crippen LogP contribution is 2.43. The van der Waals surface area contributed by atoms with Crippen molar-refractivity contribution < 1.29 is 9.53 Å². The summed E-state index contributed by atoms with van der Waals surface area (Å²) < 4.78 is 4.92. The Labute approximate surface area is 139 Å². The van der Waals surface area contributed by atoms with E-state index in [-0.39, 0.29) is 5.97 Å². The molecule has 0 atom stereocenters. The molecule has 1 aliphatic rings. The molecule has 0 aromatic heterocycles. The summed E-state index contributed by atoms with van der Waals surface area (Å²) in [7, 11) is 0. The van der Waals surface area contributed by atoms with E-state index in [4.69, 9.17) is 10.5 Å². The Kier molecular flexibility index (Phi) is 6.75. The summed E-state index contributed by atoms with van der Waals surface area (Å²) in [6.45, 7) is 5.40. The number of hydrogen-bond acceptors (Lipinski definition) is 4. The number of anilines is 2. The second-order valence-corrected chi connectivity index (χ2v) is 6.47. The third-order valence-corrected chi connectivity index (χ3v) is 4.38. The van der Waals surface area contributed by atoms with Gasteiger partial charge >= 0.3 is 5.97 Å². The smallest absolute Gasteiger partial charge is 0.305 e. The second-order valence-electron chi connectivity index (χ2n) is 6.47. The van der Waals surface area contributed by atoms with Gasteiger partial charge in [-0.1, -0.05) is 12.8 Å². The third-order valence-electron chi connectivity index (χ3n) is 4.38. The lowest BCUT2D eigenvalue weighted by Gasteiger charge is -2.13. The Bertz CT molecular complexity index is 524. The van der Waals surface area contributed by atoms with E-state index in [1.165, 1.54) is 24.0 Å². The van der Waals surface area contributed by atoms with Crippen molar-refractivity contribution in [3.05, 3.63) is 23.3 Å². The van der Waals surface area contributed by atoms with Crippen LogP contribution in [-0.4, -0.2) is 19.1 Å². The summed E-state index contributed by atoms with van der Waals surface area (Å²) in [6, 6.07) is 4.33. The molecule has 0 bridgehead atoms. The topological polar surface area (TPSA) is 64.3 Å². The van der Waals surface area contributed by atoms with Crippen LogP contribution in [0.2, 0.25) is 0 Å². The quantitative estimate of drug-likeness (QED) is 0.382. The summed E-state index contributed by atoms with van der Waals surface area (Å²) in [5, 5.41) is 3.47. The van der Waals surface area contributed by atoms with Crippen molar-refractivity contribution in [3.8, 4) is 0 Å². The molecule has 1 aromatic rings. The lowest BCUT2D eigenvalue weighted by atomic mass is 10.0. The van der Waals surface area contributed by atoms with E-state index in [2.05, 4.69) is 24.4 Å². The van der Waals surface area contributed by atoms with Crippen LogP contribution >= 0.6 is 0 Å². The minimum atomic E-state index is -0.0781. The van der Waals surface area contributed by atoms with Gasteiger partial charge in [0.1, 0.15) is 0 Å². The molecule has 1 saturated carbocycles. The fourth-order valence-electron chi connectivity index (χ4n) is 2.94. The lowest BCUT2D eigenvalue weighted by Crippen LogP contribution is -2.06. The molecule has 0 unspecified atom stereocenters. The Hall–Kier alpha value is -1.71. The minimum absolute atomic E-state index is 0.0781. The molecular formula is C19H30N2O2. The number of esters is 1. The molecule has 128 valence electrons. The van der Waals surface area contributed by atoms with Crippen LogP contribution in [0.5, 0.6) is 0 Å². The number of rotatable bonds is 10. The van der Waals surface area contributed by atoms with Gasteiger partial charge in [-0.25, -0.2) is 0 Å². The molecule has 4 nitrogen and oxygen atoms in total. The molecule has 0 heterocycles. The first-order valence-electron chi connectivity index (χ1n) is 8.91. The molecule has 0 saturated heterocycles. The number of carbonyl (C=O) groups excluding carboxylic acids is 1. The Morgan fingerprint density at radius 2 is 2.00 bits per heavy atom. The number of nitrogen functional groups attached to an aromatic ring is 1. The van der Waals surface area contributed by atoms with Gasteiger partial charge in [-0.2, -0.15) is 0 Å². The van der Waals surface area contributed by atoms with E-state index in [0.717, 1.165) is 49.5 Å². The summed E-state index contributed by atoms with van der Waals surface area (Å²) >= 11 is 0. The van der Waals surface area contributed by atoms with Crippen molar-refractivity contribution in [1.29, 1.82) is 0 Å². The van der Waals surface area contributed by atoms with Crippen molar-refractivity contribution in [2.45, 2.75) is 64.7 Å². The van der Waals surface area contributed by atoms with Crippen molar-refractivity contribution in [2.24, 2.45) is 0 Å². The fraction of sp³-hybridized carbons (Fsp3) is 0.632. The van der Waals surface area contributed by atoms with Gasteiger partial charge in [-0.15, -0.1) is 0 Å². The van der Waals surface area contributed by atoms with Gasteiger partial charge in [0.15, 0.2) is 0 Å². The van der Waals surface area contributed by atoms with Crippen LogP contribution in [0.4, 0.5) is 11.4 Å². The number of nitrogens with two attached hydrogens (primary N) is 1. The zero-order valence-corrected chi connectivity index (χ0v) is 14.5. The van der Waals surface area contributed by atoms with Gasteiger partial charge in [0.2, 0.25) is 0 Å². The van der Waals surface area contributed by atoms with E-state index in [1.807, 2.05) is 6.92 Å². The first-order valence-corrected chi connectivity index (χ1v) is 8.91. The third kappa shape index (κ3) is 5.77. The molecule has 4 heteroatoms. The van der Waals surface area contributed by atoms with Crippen LogP contribution < -0.4 is 11.1 Å². The van der Waals surface area contributed by atoms with Crippen molar-refractivity contribution in [2.75, 3.05) is 24.2 Å². The van der Waals surface area contributed by atoms with Crippen LogP contribution in [0.1, 0.15) is 68.9 Å². The molecule has 2 rings (SSSR count). The van der Waals surface area contributed by atoms with Crippen LogP contribution in [-0.2, 0) is 9.53 Å². The predicted molar refractivity (Wildman–Crippen MR) is 95.8 cm³/mol. The zero-order chi connectivity index (χ0) is 16.7. The van der Waals surface area contributed by atoms with Crippen LogP contribution in [0.15, 0.2) is 12.1 Å². The highest BCUT2D eigenvalue weighted by Gasteiger charge is 2.25. The Morgan fingerprint density at radius 1 is 1.26 bits per heavy atom. The maximum Gasteiger partial charge on any atom is 0.305 e. The highest BCUT2D eigenvalue weighted by atomic mass is 16.5. The first-order chi connectivity index (χ1) is 11.1. The number of aryl methyl sites for hydroxylation is 1. The summed E-state index contributed by atoms with van der Waals surface area (Å²) in [4.78, 5) is 11.2. The molecule has 0 spiro atoms. The second kappa shape index (κ2) is 8.80. The summed E-state index contributed by atoms with van der Waals surface area (Å²) in [5.74, 6) is 0.671. The molecule has 3 N–H and O–H groups in total. The summed E-state index contributed by atoms with van der Waals surface area (Å²) in [5.41, 5.74) is 10.8. The predicted octanol–water partition coefficient (Wildman–Crippen LogP) is 4.38.